The average molecular weight is 905 g/mol. The monoisotopic (exact) mass is 905 g/mol. The molecule has 370 valence electrons. The van der Waals surface area contributed by atoms with Gasteiger partial charge in [-0.25, -0.2) is 4.57 Å². The Morgan fingerprint density at radius 2 is 0.694 bits per heavy atom. The SMILES string of the molecule is CCCCCCCCCCCCCCCCCCCCCCC(=O)OC(COC(=O)CCCCCCCCCCCCCCCCCCCCC)COP(=O)(O)OCC(O)CO. The Hall–Kier alpha value is -1.03. The molecule has 0 heterocycles. The molecular formula is C51H101O10P. The zero-order chi connectivity index (χ0) is 45.5. The molecule has 0 amide bonds. The van der Waals surface area contributed by atoms with Crippen LogP contribution in [0.3, 0.4) is 0 Å². The minimum Gasteiger partial charge on any atom is -0.462 e. The van der Waals surface area contributed by atoms with Gasteiger partial charge in [-0.2, -0.15) is 0 Å². The molecule has 0 spiro atoms. The molecule has 0 saturated heterocycles. The standard InChI is InChI=1S/C51H101O10P/c1-3-5-7-9-11-13-15-17-19-21-23-25-27-29-31-33-35-37-39-41-43-51(55)61-49(47-60-62(56,57)59-45-48(53)44-52)46-58-50(54)42-40-38-36-34-32-30-28-26-24-22-20-18-16-14-12-10-8-6-4-2/h48-49,52-53H,3-47H2,1-2H3,(H,56,57). The van der Waals surface area contributed by atoms with Gasteiger partial charge in [-0.15, -0.1) is 0 Å². The van der Waals surface area contributed by atoms with Crippen molar-refractivity contribution >= 4 is 19.8 Å². The number of rotatable bonds is 51. The number of carbonyl (C=O) groups excluding carboxylic acids is 2. The number of hydrogen-bond donors (Lipinski definition) is 3. The Kier molecular flexibility index (Phi) is 47.1. The summed E-state index contributed by atoms with van der Waals surface area (Å²) >= 11 is 0. The smallest absolute Gasteiger partial charge is 0.462 e. The van der Waals surface area contributed by atoms with Crippen LogP contribution in [-0.2, 0) is 32.7 Å². The van der Waals surface area contributed by atoms with Crippen LogP contribution in [0, 0.1) is 0 Å². The van der Waals surface area contributed by atoms with Gasteiger partial charge in [0.2, 0.25) is 0 Å². The van der Waals surface area contributed by atoms with Crippen molar-refractivity contribution in [3.05, 3.63) is 0 Å². The number of hydrogen-bond acceptors (Lipinski definition) is 9. The Bertz CT molecular complexity index is 998. The van der Waals surface area contributed by atoms with E-state index in [0.717, 1.165) is 32.1 Å². The van der Waals surface area contributed by atoms with Gasteiger partial charge in [-0.1, -0.05) is 251 Å². The van der Waals surface area contributed by atoms with Crippen molar-refractivity contribution in [1.82, 2.24) is 0 Å². The van der Waals surface area contributed by atoms with Gasteiger partial charge in [-0.05, 0) is 12.8 Å². The van der Waals surface area contributed by atoms with Crippen LogP contribution in [0.1, 0.15) is 277 Å². The van der Waals surface area contributed by atoms with E-state index < -0.39 is 51.8 Å². The predicted molar refractivity (Wildman–Crippen MR) is 256 cm³/mol. The van der Waals surface area contributed by atoms with Crippen molar-refractivity contribution in [2.75, 3.05) is 26.4 Å². The lowest BCUT2D eigenvalue weighted by atomic mass is 10.0. The fourth-order valence-electron chi connectivity index (χ4n) is 7.94. The van der Waals surface area contributed by atoms with E-state index in [1.165, 1.54) is 205 Å². The van der Waals surface area contributed by atoms with E-state index in [0.29, 0.717) is 12.8 Å². The summed E-state index contributed by atoms with van der Waals surface area (Å²) < 4.78 is 32.9. The molecule has 0 saturated carbocycles. The van der Waals surface area contributed by atoms with E-state index in [1.54, 1.807) is 0 Å². The minimum absolute atomic E-state index is 0.193. The molecule has 11 heteroatoms. The molecule has 10 nitrogen and oxygen atoms in total. The van der Waals surface area contributed by atoms with Crippen molar-refractivity contribution in [1.29, 1.82) is 0 Å². The zero-order valence-electron chi connectivity index (χ0n) is 40.6. The maximum Gasteiger partial charge on any atom is 0.472 e. The van der Waals surface area contributed by atoms with Crippen LogP contribution < -0.4 is 0 Å². The van der Waals surface area contributed by atoms with Crippen LogP contribution in [0.4, 0.5) is 0 Å². The van der Waals surface area contributed by atoms with Crippen LogP contribution in [0.25, 0.3) is 0 Å². The normalized spacial score (nSPS) is 13.6. The number of ether oxygens (including phenoxy) is 2. The van der Waals surface area contributed by atoms with Crippen LogP contribution >= 0.6 is 7.82 Å². The molecule has 0 aliphatic carbocycles. The summed E-state index contributed by atoms with van der Waals surface area (Å²) in [6, 6.07) is 0. The van der Waals surface area contributed by atoms with Crippen molar-refractivity contribution in [2.45, 2.75) is 289 Å². The Balaban J connectivity index is 4.11. The van der Waals surface area contributed by atoms with Crippen molar-refractivity contribution in [2.24, 2.45) is 0 Å². The topological polar surface area (TPSA) is 149 Å². The summed E-state index contributed by atoms with van der Waals surface area (Å²) in [6.45, 7) is 2.46. The van der Waals surface area contributed by atoms with Gasteiger partial charge in [0.25, 0.3) is 0 Å². The maximum atomic E-state index is 12.7. The van der Waals surface area contributed by atoms with Gasteiger partial charge in [-0.3, -0.25) is 18.6 Å². The number of phosphoric ester groups is 1. The first kappa shape index (κ1) is 61.0. The second-order valence-electron chi connectivity index (χ2n) is 18.3. The first-order valence-corrected chi connectivity index (χ1v) is 28.0. The molecule has 3 unspecified atom stereocenters. The van der Waals surface area contributed by atoms with E-state index in [2.05, 4.69) is 13.8 Å². The highest BCUT2D eigenvalue weighted by Crippen LogP contribution is 2.43. The number of esters is 2. The van der Waals surface area contributed by atoms with Crippen molar-refractivity contribution in [3.63, 3.8) is 0 Å². The average Bonchev–Trinajstić information content (AvgIpc) is 3.26. The second-order valence-corrected chi connectivity index (χ2v) is 19.7. The van der Waals surface area contributed by atoms with Gasteiger partial charge in [0, 0.05) is 12.8 Å². The maximum absolute atomic E-state index is 12.7. The van der Waals surface area contributed by atoms with Crippen molar-refractivity contribution < 1.29 is 47.8 Å². The molecule has 0 aliphatic rings. The highest BCUT2D eigenvalue weighted by Gasteiger charge is 2.27. The summed E-state index contributed by atoms with van der Waals surface area (Å²) in [4.78, 5) is 35.2. The van der Waals surface area contributed by atoms with Gasteiger partial charge in [0.15, 0.2) is 6.10 Å². The molecule has 0 aromatic rings. The molecule has 3 atom stereocenters. The Labute approximate surface area is 382 Å². The fourth-order valence-corrected chi connectivity index (χ4v) is 8.73. The van der Waals surface area contributed by atoms with Crippen LogP contribution in [-0.4, -0.2) is 65.7 Å². The summed E-state index contributed by atoms with van der Waals surface area (Å²) in [7, 11) is -4.62. The predicted octanol–water partition coefficient (Wildman–Crippen LogP) is 15.0. The number of aliphatic hydroxyl groups is 2. The van der Waals surface area contributed by atoms with Gasteiger partial charge in [0.1, 0.15) is 12.7 Å². The Morgan fingerprint density at radius 3 is 1.00 bits per heavy atom. The zero-order valence-corrected chi connectivity index (χ0v) is 41.5. The van der Waals surface area contributed by atoms with E-state index >= 15 is 0 Å². The largest absolute Gasteiger partial charge is 0.472 e. The minimum atomic E-state index is -4.62. The molecule has 0 radical (unpaired) electrons. The quantitative estimate of drug-likeness (QED) is 0.0306. The first-order chi connectivity index (χ1) is 30.2. The molecule has 0 fully saturated rings. The van der Waals surface area contributed by atoms with Crippen molar-refractivity contribution in [3.8, 4) is 0 Å². The van der Waals surface area contributed by atoms with Crippen LogP contribution in [0.5, 0.6) is 0 Å². The number of phosphoric acid groups is 1. The third-order valence-electron chi connectivity index (χ3n) is 12.0. The Morgan fingerprint density at radius 1 is 0.419 bits per heavy atom. The first-order valence-electron chi connectivity index (χ1n) is 26.5. The molecule has 3 N–H and O–H groups in total. The second kappa shape index (κ2) is 47.9. The summed E-state index contributed by atoms with van der Waals surface area (Å²) in [5.41, 5.74) is 0. The van der Waals surface area contributed by atoms with Gasteiger partial charge < -0.3 is 24.6 Å². The number of aliphatic hydroxyl groups excluding tert-OH is 2. The van der Waals surface area contributed by atoms with E-state index in [-0.39, 0.29) is 19.4 Å². The molecular weight excluding hydrogens is 804 g/mol. The molecule has 62 heavy (non-hydrogen) atoms. The molecule has 0 rings (SSSR count). The summed E-state index contributed by atoms with van der Waals surface area (Å²) in [5.74, 6) is -0.901. The lowest BCUT2D eigenvalue weighted by Crippen LogP contribution is -2.29. The summed E-state index contributed by atoms with van der Waals surface area (Å²) in [5, 5.41) is 18.4. The lowest BCUT2D eigenvalue weighted by Gasteiger charge is -2.20. The fraction of sp³-hybridized carbons (Fsp3) is 0.961. The molecule has 0 aromatic heterocycles. The van der Waals surface area contributed by atoms with Gasteiger partial charge in [0.05, 0.1) is 19.8 Å². The number of unbranched alkanes of at least 4 members (excludes halogenated alkanes) is 37. The highest BCUT2D eigenvalue weighted by molar-refractivity contribution is 7.47. The van der Waals surface area contributed by atoms with Crippen LogP contribution in [0.2, 0.25) is 0 Å². The van der Waals surface area contributed by atoms with E-state index in [4.69, 9.17) is 23.6 Å². The highest BCUT2D eigenvalue weighted by atomic mass is 31.2. The lowest BCUT2D eigenvalue weighted by molar-refractivity contribution is -0.161. The van der Waals surface area contributed by atoms with Crippen LogP contribution in [0.15, 0.2) is 0 Å². The third kappa shape index (κ3) is 46.9. The van der Waals surface area contributed by atoms with E-state index in [1.807, 2.05) is 0 Å². The third-order valence-corrected chi connectivity index (χ3v) is 13.0. The van der Waals surface area contributed by atoms with Gasteiger partial charge >= 0.3 is 19.8 Å². The summed E-state index contributed by atoms with van der Waals surface area (Å²) in [6.07, 6.45) is 47.8. The molecule has 0 aromatic carbocycles. The molecule has 0 bridgehead atoms. The molecule has 0 aliphatic heterocycles. The van der Waals surface area contributed by atoms with E-state index in [9.17, 15) is 24.2 Å². The number of carbonyl (C=O) groups is 2.